The summed E-state index contributed by atoms with van der Waals surface area (Å²) in [4.78, 5) is 21.5. The van der Waals surface area contributed by atoms with Crippen LogP contribution in [0, 0.1) is 0 Å². The van der Waals surface area contributed by atoms with Crippen molar-refractivity contribution >= 4 is 45.2 Å². The molecule has 4 aromatic rings. The van der Waals surface area contributed by atoms with Crippen molar-refractivity contribution in [3.8, 4) is 10.6 Å². The van der Waals surface area contributed by atoms with Gasteiger partial charge in [-0.1, -0.05) is 11.6 Å². The first-order valence-corrected chi connectivity index (χ1v) is 9.02. The number of aromatic nitrogens is 3. The molecular formula is C16H10ClN3OS2. The average molecular weight is 360 g/mol. The van der Waals surface area contributed by atoms with Crippen molar-refractivity contribution < 1.29 is 0 Å². The van der Waals surface area contributed by atoms with Gasteiger partial charge in [0.25, 0.3) is 5.56 Å². The summed E-state index contributed by atoms with van der Waals surface area (Å²) in [5.74, 6) is 0. The predicted octanol–water partition coefficient (Wildman–Crippen LogP) is 4.28. The van der Waals surface area contributed by atoms with Crippen molar-refractivity contribution in [1.29, 1.82) is 0 Å². The topological polar surface area (TPSA) is 47.8 Å². The maximum absolute atomic E-state index is 12.6. The van der Waals surface area contributed by atoms with Gasteiger partial charge in [-0.2, -0.15) is 11.3 Å². The number of halogens is 1. The van der Waals surface area contributed by atoms with Crippen LogP contribution in [0.3, 0.4) is 0 Å². The molecule has 0 spiro atoms. The fourth-order valence-electron chi connectivity index (χ4n) is 2.32. The summed E-state index contributed by atoms with van der Waals surface area (Å²) < 4.78 is 1.56. The lowest BCUT2D eigenvalue weighted by atomic mass is 10.2. The van der Waals surface area contributed by atoms with E-state index in [2.05, 4.69) is 15.3 Å². The van der Waals surface area contributed by atoms with Gasteiger partial charge in [0, 0.05) is 21.3 Å². The van der Waals surface area contributed by atoms with Crippen LogP contribution in [-0.4, -0.2) is 14.5 Å². The van der Waals surface area contributed by atoms with Gasteiger partial charge >= 0.3 is 0 Å². The molecule has 1 aromatic carbocycles. The van der Waals surface area contributed by atoms with Crippen LogP contribution in [-0.2, 0) is 6.54 Å². The normalized spacial score (nSPS) is 11.2. The van der Waals surface area contributed by atoms with E-state index < -0.39 is 0 Å². The smallest absolute Gasteiger partial charge is 0.261 e. The van der Waals surface area contributed by atoms with Gasteiger partial charge in [-0.05, 0) is 29.6 Å². The molecule has 3 aromatic heterocycles. The number of benzene rings is 1. The van der Waals surface area contributed by atoms with E-state index in [0.717, 1.165) is 16.3 Å². The van der Waals surface area contributed by atoms with Gasteiger partial charge in [-0.15, -0.1) is 11.3 Å². The third kappa shape index (κ3) is 2.81. The molecule has 0 aliphatic heterocycles. The lowest BCUT2D eigenvalue weighted by Crippen LogP contribution is -2.21. The van der Waals surface area contributed by atoms with Crippen molar-refractivity contribution in [2.24, 2.45) is 0 Å². The van der Waals surface area contributed by atoms with Gasteiger partial charge < -0.3 is 0 Å². The molecule has 0 amide bonds. The largest absolute Gasteiger partial charge is 0.293 e. The SMILES string of the molecule is O=c1c2cc(Cl)ccc2ncn1Cc1csc(-c2ccsc2)n1. The van der Waals surface area contributed by atoms with Crippen LogP contribution in [0.25, 0.3) is 21.5 Å². The molecule has 0 bridgehead atoms. The molecule has 0 aliphatic rings. The first-order chi connectivity index (χ1) is 11.2. The van der Waals surface area contributed by atoms with Gasteiger partial charge in [0.15, 0.2) is 0 Å². The highest BCUT2D eigenvalue weighted by Crippen LogP contribution is 2.25. The highest BCUT2D eigenvalue weighted by atomic mass is 35.5. The monoisotopic (exact) mass is 359 g/mol. The van der Waals surface area contributed by atoms with E-state index >= 15 is 0 Å². The van der Waals surface area contributed by atoms with E-state index in [1.807, 2.05) is 16.8 Å². The Hall–Kier alpha value is -2.02. The molecule has 0 atom stereocenters. The summed E-state index contributed by atoms with van der Waals surface area (Å²) in [6.07, 6.45) is 1.56. The number of thiazole rings is 1. The van der Waals surface area contributed by atoms with Crippen LogP contribution in [0.15, 0.2) is 51.5 Å². The molecule has 114 valence electrons. The van der Waals surface area contributed by atoms with E-state index in [0.29, 0.717) is 22.5 Å². The molecule has 4 nitrogen and oxygen atoms in total. The van der Waals surface area contributed by atoms with Gasteiger partial charge in [0.05, 0.1) is 29.5 Å². The van der Waals surface area contributed by atoms with Crippen LogP contribution in [0.1, 0.15) is 5.69 Å². The predicted molar refractivity (Wildman–Crippen MR) is 95.5 cm³/mol. The standard InChI is InChI=1S/C16H10ClN3OS2/c17-11-1-2-14-13(5-11)16(21)20(9-18-14)6-12-8-23-15(19-12)10-3-4-22-7-10/h1-5,7-9H,6H2. The van der Waals surface area contributed by atoms with Crippen LogP contribution in [0.5, 0.6) is 0 Å². The lowest BCUT2D eigenvalue weighted by molar-refractivity contribution is 0.734. The zero-order chi connectivity index (χ0) is 15.8. The van der Waals surface area contributed by atoms with E-state index in [9.17, 15) is 4.79 Å². The van der Waals surface area contributed by atoms with Gasteiger partial charge in [-0.25, -0.2) is 9.97 Å². The average Bonchev–Trinajstić information content (AvgIpc) is 3.22. The zero-order valence-electron chi connectivity index (χ0n) is 11.8. The molecule has 3 heterocycles. The summed E-state index contributed by atoms with van der Waals surface area (Å²) in [5.41, 5.74) is 2.50. The Morgan fingerprint density at radius 1 is 1.22 bits per heavy atom. The Labute approximate surface area is 144 Å². The summed E-state index contributed by atoms with van der Waals surface area (Å²) in [7, 11) is 0. The number of rotatable bonds is 3. The first-order valence-electron chi connectivity index (χ1n) is 6.82. The Bertz CT molecular complexity index is 1040. The minimum absolute atomic E-state index is 0.109. The number of hydrogen-bond donors (Lipinski definition) is 0. The summed E-state index contributed by atoms with van der Waals surface area (Å²) in [5, 5.41) is 8.08. The Kier molecular flexibility index (Phi) is 3.72. The molecule has 4 rings (SSSR count). The highest BCUT2D eigenvalue weighted by Gasteiger charge is 2.09. The summed E-state index contributed by atoms with van der Waals surface area (Å²) >= 11 is 9.20. The number of nitrogens with zero attached hydrogens (tertiary/aromatic N) is 3. The molecule has 0 radical (unpaired) electrons. The third-order valence-electron chi connectivity index (χ3n) is 3.44. The van der Waals surface area contributed by atoms with Crippen LogP contribution in [0.2, 0.25) is 5.02 Å². The highest BCUT2D eigenvalue weighted by molar-refractivity contribution is 7.14. The molecule has 0 fully saturated rings. The Morgan fingerprint density at radius 3 is 2.96 bits per heavy atom. The molecule has 0 saturated carbocycles. The van der Waals surface area contributed by atoms with Crippen molar-refractivity contribution in [2.75, 3.05) is 0 Å². The molecule has 0 unspecified atom stereocenters. The summed E-state index contributed by atoms with van der Waals surface area (Å²) in [6.45, 7) is 0.398. The maximum Gasteiger partial charge on any atom is 0.261 e. The number of thiophene rings is 1. The molecule has 7 heteroatoms. The first kappa shape index (κ1) is 14.6. The second-order valence-corrected chi connectivity index (χ2v) is 7.07. The minimum atomic E-state index is -0.109. The number of hydrogen-bond acceptors (Lipinski definition) is 5. The molecule has 0 N–H and O–H groups in total. The molecule has 0 aliphatic carbocycles. The van der Waals surface area contributed by atoms with Crippen LogP contribution >= 0.6 is 34.3 Å². The van der Waals surface area contributed by atoms with Gasteiger partial charge in [0.1, 0.15) is 5.01 Å². The van der Waals surface area contributed by atoms with Crippen molar-refractivity contribution in [3.63, 3.8) is 0 Å². The lowest BCUT2D eigenvalue weighted by Gasteiger charge is -2.05. The fraction of sp³-hybridized carbons (Fsp3) is 0.0625. The zero-order valence-corrected chi connectivity index (χ0v) is 14.2. The second-order valence-electron chi connectivity index (χ2n) is 5.00. The van der Waals surface area contributed by atoms with E-state index in [4.69, 9.17) is 11.6 Å². The van der Waals surface area contributed by atoms with E-state index in [1.54, 1.807) is 51.8 Å². The maximum atomic E-state index is 12.6. The Morgan fingerprint density at radius 2 is 2.13 bits per heavy atom. The molecule has 23 heavy (non-hydrogen) atoms. The molecular weight excluding hydrogens is 350 g/mol. The quantitative estimate of drug-likeness (QED) is 0.548. The second kappa shape index (κ2) is 5.88. The fourth-order valence-corrected chi connectivity index (χ4v) is 4.01. The molecule has 0 saturated heterocycles. The van der Waals surface area contributed by atoms with Gasteiger partial charge in [-0.3, -0.25) is 9.36 Å². The van der Waals surface area contributed by atoms with Crippen LogP contribution < -0.4 is 5.56 Å². The minimum Gasteiger partial charge on any atom is -0.293 e. The third-order valence-corrected chi connectivity index (χ3v) is 5.30. The number of fused-ring (bicyclic) bond motifs is 1. The van der Waals surface area contributed by atoms with Crippen molar-refractivity contribution in [3.05, 3.63) is 67.8 Å². The Balaban J connectivity index is 1.70. The summed E-state index contributed by atoms with van der Waals surface area (Å²) in [6, 6.07) is 7.18. The van der Waals surface area contributed by atoms with Crippen molar-refractivity contribution in [2.45, 2.75) is 6.54 Å². The van der Waals surface area contributed by atoms with E-state index in [1.165, 1.54) is 0 Å². The van der Waals surface area contributed by atoms with E-state index in [-0.39, 0.29) is 5.56 Å². The van der Waals surface area contributed by atoms with Crippen molar-refractivity contribution in [1.82, 2.24) is 14.5 Å². The van der Waals surface area contributed by atoms with Gasteiger partial charge in [0.2, 0.25) is 0 Å². The van der Waals surface area contributed by atoms with Crippen LogP contribution in [0.4, 0.5) is 0 Å².